The van der Waals surface area contributed by atoms with Crippen molar-refractivity contribution in [1.29, 1.82) is 0 Å². The number of benzene rings is 1. The highest BCUT2D eigenvalue weighted by Crippen LogP contribution is 2.23. The SMILES string of the molecule is CCNC(=O)NC1CCC(OC(=O)c2cccc(NC(C)=O)c2)CC1. The minimum Gasteiger partial charge on any atom is -0.459 e. The van der Waals surface area contributed by atoms with E-state index < -0.39 is 5.97 Å². The fourth-order valence-corrected chi connectivity index (χ4v) is 2.87. The second kappa shape index (κ2) is 9.05. The first-order valence-corrected chi connectivity index (χ1v) is 8.61. The van der Waals surface area contributed by atoms with Crippen molar-refractivity contribution >= 4 is 23.6 Å². The molecule has 0 radical (unpaired) electrons. The van der Waals surface area contributed by atoms with Crippen LogP contribution in [-0.4, -0.2) is 36.6 Å². The van der Waals surface area contributed by atoms with Crippen molar-refractivity contribution in [1.82, 2.24) is 10.6 Å². The zero-order chi connectivity index (χ0) is 18.2. The number of carbonyl (C=O) groups excluding carboxylic acids is 3. The molecular weight excluding hydrogens is 322 g/mol. The van der Waals surface area contributed by atoms with Gasteiger partial charge < -0.3 is 20.7 Å². The van der Waals surface area contributed by atoms with Gasteiger partial charge in [-0.05, 0) is 50.8 Å². The van der Waals surface area contributed by atoms with Crippen LogP contribution >= 0.6 is 0 Å². The van der Waals surface area contributed by atoms with Crippen LogP contribution in [0.15, 0.2) is 24.3 Å². The third-order valence-corrected chi connectivity index (χ3v) is 4.04. The highest BCUT2D eigenvalue weighted by Gasteiger charge is 2.25. The van der Waals surface area contributed by atoms with E-state index in [1.807, 2.05) is 6.92 Å². The highest BCUT2D eigenvalue weighted by atomic mass is 16.5. The molecule has 3 amide bonds. The van der Waals surface area contributed by atoms with Crippen molar-refractivity contribution < 1.29 is 19.1 Å². The van der Waals surface area contributed by atoms with E-state index in [4.69, 9.17) is 4.74 Å². The lowest BCUT2D eigenvalue weighted by atomic mass is 9.93. The van der Waals surface area contributed by atoms with E-state index in [-0.39, 0.29) is 24.1 Å². The zero-order valence-electron chi connectivity index (χ0n) is 14.6. The number of urea groups is 1. The molecule has 0 aromatic heterocycles. The lowest BCUT2D eigenvalue weighted by molar-refractivity contribution is -0.114. The number of rotatable bonds is 5. The molecule has 1 saturated carbocycles. The number of hydrogen-bond acceptors (Lipinski definition) is 4. The molecule has 0 bridgehead atoms. The summed E-state index contributed by atoms with van der Waals surface area (Å²) in [6.45, 7) is 3.88. The maximum absolute atomic E-state index is 12.3. The summed E-state index contributed by atoms with van der Waals surface area (Å²) >= 11 is 0. The fraction of sp³-hybridized carbons (Fsp3) is 0.500. The molecule has 25 heavy (non-hydrogen) atoms. The number of hydrogen-bond donors (Lipinski definition) is 3. The molecule has 7 heteroatoms. The first kappa shape index (κ1) is 18.8. The van der Waals surface area contributed by atoms with Gasteiger partial charge in [-0.2, -0.15) is 0 Å². The molecule has 136 valence electrons. The van der Waals surface area contributed by atoms with Crippen molar-refractivity contribution in [3.05, 3.63) is 29.8 Å². The number of amides is 3. The quantitative estimate of drug-likeness (QED) is 0.713. The van der Waals surface area contributed by atoms with Gasteiger partial charge in [0, 0.05) is 25.2 Å². The van der Waals surface area contributed by atoms with Crippen LogP contribution in [0.1, 0.15) is 49.9 Å². The average Bonchev–Trinajstić information content (AvgIpc) is 2.56. The molecule has 2 rings (SSSR count). The summed E-state index contributed by atoms with van der Waals surface area (Å²) in [5, 5.41) is 8.28. The summed E-state index contributed by atoms with van der Waals surface area (Å²) in [7, 11) is 0. The number of nitrogens with one attached hydrogen (secondary N) is 3. The smallest absolute Gasteiger partial charge is 0.338 e. The first-order chi connectivity index (χ1) is 12.0. The third kappa shape index (κ3) is 6.10. The van der Waals surface area contributed by atoms with E-state index >= 15 is 0 Å². The summed E-state index contributed by atoms with van der Waals surface area (Å²) in [6.07, 6.45) is 2.84. The number of anilines is 1. The van der Waals surface area contributed by atoms with Crippen molar-refractivity contribution in [2.24, 2.45) is 0 Å². The number of carbonyl (C=O) groups is 3. The molecule has 0 aliphatic heterocycles. The van der Waals surface area contributed by atoms with E-state index in [2.05, 4.69) is 16.0 Å². The van der Waals surface area contributed by atoms with Crippen LogP contribution in [0.3, 0.4) is 0 Å². The summed E-state index contributed by atoms with van der Waals surface area (Å²) < 4.78 is 5.56. The van der Waals surface area contributed by atoms with Crippen LogP contribution in [-0.2, 0) is 9.53 Å². The van der Waals surface area contributed by atoms with Crippen LogP contribution in [0.25, 0.3) is 0 Å². The second-order valence-electron chi connectivity index (χ2n) is 6.14. The van der Waals surface area contributed by atoms with Crippen LogP contribution in [0.5, 0.6) is 0 Å². The standard InChI is InChI=1S/C18H25N3O4/c1-3-19-18(24)21-14-7-9-16(10-8-14)25-17(23)13-5-4-6-15(11-13)20-12(2)22/h4-6,11,14,16H,3,7-10H2,1-2H3,(H,20,22)(H2,19,21,24). The molecule has 0 saturated heterocycles. The summed E-state index contributed by atoms with van der Waals surface area (Å²) in [5.74, 6) is -0.587. The topological polar surface area (TPSA) is 96.5 Å². The summed E-state index contributed by atoms with van der Waals surface area (Å²) in [4.78, 5) is 34.9. The molecule has 3 N–H and O–H groups in total. The van der Waals surface area contributed by atoms with Crippen LogP contribution in [0.4, 0.5) is 10.5 Å². The van der Waals surface area contributed by atoms with Crippen molar-refractivity contribution in [2.75, 3.05) is 11.9 Å². The van der Waals surface area contributed by atoms with E-state index in [0.29, 0.717) is 30.6 Å². The monoisotopic (exact) mass is 347 g/mol. The van der Waals surface area contributed by atoms with Crippen molar-refractivity contribution in [2.45, 2.75) is 51.7 Å². The second-order valence-corrected chi connectivity index (χ2v) is 6.14. The third-order valence-electron chi connectivity index (χ3n) is 4.04. The van der Waals surface area contributed by atoms with Gasteiger partial charge in [-0.25, -0.2) is 9.59 Å². The molecule has 0 spiro atoms. The van der Waals surface area contributed by atoms with Crippen LogP contribution < -0.4 is 16.0 Å². The van der Waals surface area contributed by atoms with E-state index in [0.717, 1.165) is 12.8 Å². The molecule has 0 unspecified atom stereocenters. The Morgan fingerprint density at radius 1 is 1.16 bits per heavy atom. The number of ether oxygens (including phenoxy) is 1. The Kier molecular flexibility index (Phi) is 6.80. The van der Waals surface area contributed by atoms with Gasteiger partial charge in [0.05, 0.1) is 5.56 Å². The van der Waals surface area contributed by atoms with E-state index in [1.54, 1.807) is 24.3 Å². The molecular formula is C18H25N3O4. The first-order valence-electron chi connectivity index (χ1n) is 8.61. The Morgan fingerprint density at radius 3 is 2.52 bits per heavy atom. The Hall–Kier alpha value is -2.57. The molecule has 0 atom stereocenters. The molecule has 1 aliphatic carbocycles. The lowest BCUT2D eigenvalue weighted by Gasteiger charge is -2.28. The Morgan fingerprint density at radius 2 is 1.88 bits per heavy atom. The van der Waals surface area contributed by atoms with E-state index in [1.165, 1.54) is 6.92 Å². The molecule has 1 aromatic rings. The lowest BCUT2D eigenvalue weighted by Crippen LogP contribution is -2.44. The van der Waals surface area contributed by atoms with Crippen LogP contribution in [0, 0.1) is 0 Å². The minimum absolute atomic E-state index is 0.115. The van der Waals surface area contributed by atoms with Crippen molar-refractivity contribution in [3.63, 3.8) is 0 Å². The highest BCUT2D eigenvalue weighted by molar-refractivity contribution is 5.93. The maximum atomic E-state index is 12.3. The summed E-state index contributed by atoms with van der Waals surface area (Å²) in [6, 6.07) is 6.65. The average molecular weight is 347 g/mol. The Bertz CT molecular complexity index is 625. The molecule has 1 aromatic carbocycles. The fourth-order valence-electron chi connectivity index (χ4n) is 2.87. The van der Waals surface area contributed by atoms with E-state index in [9.17, 15) is 14.4 Å². The van der Waals surface area contributed by atoms with Gasteiger partial charge in [0.2, 0.25) is 5.91 Å². The van der Waals surface area contributed by atoms with Gasteiger partial charge in [-0.15, -0.1) is 0 Å². The number of esters is 1. The van der Waals surface area contributed by atoms with Gasteiger partial charge in [0.15, 0.2) is 0 Å². The predicted molar refractivity (Wildman–Crippen MR) is 94.4 cm³/mol. The minimum atomic E-state index is -0.396. The van der Waals surface area contributed by atoms with Gasteiger partial charge in [0.1, 0.15) is 6.10 Å². The largest absolute Gasteiger partial charge is 0.459 e. The van der Waals surface area contributed by atoms with Crippen LogP contribution in [0.2, 0.25) is 0 Å². The predicted octanol–water partition coefficient (Wildman–Crippen LogP) is 2.43. The van der Waals surface area contributed by atoms with Gasteiger partial charge in [0.25, 0.3) is 0 Å². The van der Waals surface area contributed by atoms with Crippen molar-refractivity contribution in [3.8, 4) is 0 Å². The Labute approximate surface area is 147 Å². The Balaban J connectivity index is 1.82. The zero-order valence-corrected chi connectivity index (χ0v) is 14.6. The van der Waals surface area contributed by atoms with Gasteiger partial charge in [-0.1, -0.05) is 6.07 Å². The molecule has 1 fully saturated rings. The normalized spacial score (nSPS) is 19.6. The van der Waals surface area contributed by atoms with Gasteiger partial charge >= 0.3 is 12.0 Å². The van der Waals surface area contributed by atoms with Gasteiger partial charge in [-0.3, -0.25) is 4.79 Å². The molecule has 1 aliphatic rings. The maximum Gasteiger partial charge on any atom is 0.338 e. The summed E-state index contributed by atoms with van der Waals surface area (Å²) in [5.41, 5.74) is 0.977. The molecule has 0 heterocycles. The molecule has 7 nitrogen and oxygen atoms in total.